The van der Waals surface area contributed by atoms with Crippen molar-refractivity contribution in [3.8, 4) is 0 Å². The van der Waals surface area contributed by atoms with E-state index in [1.807, 2.05) is 48.5 Å². The molecule has 0 aliphatic rings. The molecule has 0 saturated carbocycles. The molecule has 0 fully saturated rings. The number of unbranched alkanes of at least 4 members (excludes halogenated alkanes) is 1. The first-order valence-electron chi connectivity index (χ1n) is 8.60. The van der Waals surface area contributed by atoms with Crippen molar-refractivity contribution < 1.29 is 4.79 Å². The Bertz CT molecular complexity index is 744. The number of para-hydroxylation sites is 1. The molecule has 0 heterocycles. The fourth-order valence-corrected chi connectivity index (χ4v) is 2.52. The Balaban J connectivity index is 1.78. The molecule has 2 rings (SSSR count). The number of hydrogen-bond donors (Lipinski definition) is 1. The third-order valence-corrected chi connectivity index (χ3v) is 3.91. The minimum atomic E-state index is -0.108. The van der Waals surface area contributed by atoms with Crippen LogP contribution in [0.1, 0.15) is 30.4 Å². The lowest BCUT2D eigenvalue weighted by molar-refractivity contribution is -0.113. The van der Waals surface area contributed by atoms with Crippen LogP contribution in [-0.2, 0) is 11.2 Å². The van der Waals surface area contributed by atoms with Gasteiger partial charge in [0.2, 0.25) is 0 Å². The monoisotopic (exact) mass is 331 g/mol. The summed E-state index contributed by atoms with van der Waals surface area (Å²) in [6.45, 7) is 7.68. The van der Waals surface area contributed by atoms with Crippen LogP contribution >= 0.6 is 0 Å². The van der Waals surface area contributed by atoms with Crippen molar-refractivity contribution in [2.75, 3.05) is 5.32 Å². The van der Waals surface area contributed by atoms with Gasteiger partial charge in [0.15, 0.2) is 0 Å². The molecule has 2 nitrogen and oxygen atoms in total. The zero-order valence-electron chi connectivity index (χ0n) is 14.6. The van der Waals surface area contributed by atoms with Crippen LogP contribution in [0.25, 0.3) is 6.08 Å². The topological polar surface area (TPSA) is 29.1 Å². The van der Waals surface area contributed by atoms with Gasteiger partial charge in [-0.2, -0.15) is 0 Å². The van der Waals surface area contributed by atoms with Gasteiger partial charge in [-0.3, -0.25) is 4.79 Å². The number of carbonyl (C=O) groups is 1. The summed E-state index contributed by atoms with van der Waals surface area (Å²) >= 11 is 0. The predicted octanol–water partition coefficient (Wildman–Crippen LogP) is 5.79. The van der Waals surface area contributed by atoms with Crippen molar-refractivity contribution in [2.45, 2.75) is 25.7 Å². The predicted molar refractivity (Wildman–Crippen MR) is 107 cm³/mol. The van der Waals surface area contributed by atoms with Gasteiger partial charge in [0.05, 0.1) is 0 Å². The van der Waals surface area contributed by atoms with Crippen molar-refractivity contribution in [2.24, 2.45) is 0 Å². The van der Waals surface area contributed by atoms with Crippen LogP contribution in [-0.4, -0.2) is 5.91 Å². The first-order chi connectivity index (χ1) is 12.2. The lowest BCUT2D eigenvalue weighted by atomic mass is 10.1. The number of rotatable bonds is 9. The molecule has 0 unspecified atom stereocenters. The van der Waals surface area contributed by atoms with Crippen LogP contribution in [0.4, 0.5) is 5.69 Å². The number of carbonyl (C=O) groups excluding carboxylic acids is 1. The molecule has 1 amide bonds. The van der Waals surface area contributed by atoms with E-state index in [9.17, 15) is 4.79 Å². The maximum Gasteiger partial charge on any atom is 0.250 e. The minimum Gasteiger partial charge on any atom is -0.322 e. The van der Waals surface area contributed by atoms with Crippen molar-refractivity contribution in [1.82, 2.24) is 0 Å². The molecule has 25 heavy (non-hydrogen) atoms. The highest BCUT2D eigenvalue weighted by molar-refractivity contribution is 6.03. The molecular formula is C23H25NO. The molecule has 0 spiro atoms. The van der Waals surface area contributed by atoms with Crippen LogP contribution < -0.4 is 5.32 Å². The molecule has 2 aromatic rings. The van der Waals surface area contributed by atoms with E-state index in [0.29, 0.717) is 12.0 Å². The SMILES string of the molecule is C=CCc1ccccc1NC(=O)C(=C)CCC/C=C/c1ccccc1. The summed E-state index contributed by atoms with van der Waals surface area (Å²) in [7, 11) is 0. The smallest absolute Gasteiger partial charge is 0.250 e. The van der Waals surface area contributed by atoms with Crippen molar-refractivity contribution >= 4 is 17.7 Å². The molecule has 0 radical (unpaired) electrons. The van der Waals surface area contributed by atoms with Gasteiger partial charge >= 0.3 is 0 Å². The normalized spacial score (nSPS) is 10.6. The molecular weight excluding hydrogens is 306 g/mol. The third-order valence-electron chi connectivity index (χ3n) is 3.91. The quantitative estimate of drug-likeness (QED) is 0.351. The zero-order chi connectivity index (χ0) is 17.9. The average Bonchev–Trinajstić information content (AvgIpc) is 2.64. The summed E-state index contributed by atoms with van der Waals surface area (Å²) in [4.78, 5) is 12.3. The van der Waals surface area contributed by atoms with E-state index in [0.717, 1.165) is 30.5 Å². The second-order valence-electron chi connectivity index (χ2n) is 5.91. The number of allylic oxidation sites excluding steroid dienone is 2. The van der Waals surface area contributed by atoms with Gasteiger partial charge in [0, 0.05) is 11.3 Å². The van der Waals surface area contributed by atoms with Gasteiger partial charge in [0.1, 0.15) is 0 Å². The highest BCUT2D eigenvalue weighted by Gasteiger charge is 2.09. The van der Waals surface area contributed by atoms with Crippen LogP contribution in [0, 0.1) is 0 Å². The van der Waals surface area contributed by atoms with E-state index >= 15 is 0 Å². The summed E-state index contributed by atoms with van der Waals surface area (Å²) in [6.07, 6.45) is 9.33. The third kappa shape index (κ3) is 6.27. The molecule has 0 aliphatic carbocycles. The number of amides is 1. The molecule has 1 N–H and O–H groups in total. The Hall–Kier alpha value is -2.87. The number of anilines is 1. The molecule has 0 aliphatic heterocycles. The largest absolute Gasteiger partial charge is 0.322 e. The van der Waals surface area contributed by atoms with Crippen molar-refractivity contribution in [1.29, 1.82) is 0 Å². The summed E-state index contributed by atoms with van der Waals surface area (Å²) in [5.41, 5.74) is 3.70. The van der Waals surface area contributed by atoms with E-state index in [1.54, 1.807) is 0 Å². The zero-order valence-corrected chi connectivity index (χ0v) is 14.6. The first-order valence-corrected chi connectivity index (χ1v) is 8.60. The number of nitrogens with one attached hydrogen (secondary N) is 1. The molecule has 0 atom stereocenters. The minimum absolute atomic E-state index is 0.108. The Morgan fingerprint density at radius 1 is 1.04 bits per heavy atom. The van der Waals surface area contributed by atoms with Gasteiger partial charge in [0.25, 0.3) is 5.91 Å². The van der Waals surface area contributed by atoms with Gasteiger partial charge in [-0.1, -0.05) is 73.3 Å². The van der Waals surface area contributed by atoms with E-state index in [2.05, 4.69) is 42.8 Å². The Labute approximate surface area is 150 Å². The van der Waals surface area contributed by atoms with E-state index in [4.69, 9.17) is 0 Å². The van der Waals surface area contributed by atoms with E-state index in [1.165, 1.54) is 5.56 Å². The van der Waals surface area contributed by atoms with Gasteiger partial charge < -0.3 is 5.32 Å². The summed E-state index contributed by atoms with van der Waals surface area (Å²) in [5, 5.41) is 2.96. The second-order valence-corrected chi connectivity index (χ2v) is 5.91. The van der Waals surface area contributed by atoms with Crippen LogP contribution in [0.3, 0.4) is 0 Å². The molecule has 0 aromatic heterocycles. The average molecular weight is 331 g/mol. The molecule has 128 valence electrons. The maximum absolute atomic E-state index is 12.3. The van der Waals surface area contributed by atoms with Gasteiger partial charge in [-0.25, -0.2) is 0 Å². The lowest BCUT2D eigenvalue weighted by Gasteiger charge is -2.11. The summed E-state index contributed by atoms with van der Waals surface area (Å²) in [5.74, 6) is -0.108. The second kappa shape index (κ2) is 10.1. The fourth-order valence-electron chi connectivity index (χ4n) is 2.52. The fraction of sp³-hybridized carbons (Fsp3) is 0.174. The molecule has 2 aromatic carbocycles. The number of benzene rings is 2. The standard InChI is InChI=1S/C23H25NO/c1-3-12-21-17-10-11-18-22(21)24-23(25)19(2)13-6-4-7-14-20-15-8-5-9-16-20/h3,5,7-11,14-18H,1-2,4,6,12-13H2,(H,24,25)/b14-7+. The first kappa shape index (κ1) is 18.5. The maximum atomic E-state index is 12.3. The van der Waals surface area contributed by atoms with Crippen LogP contribution in [0.15, 0.2) is 85.5 Å². The van der Waals surface area contributed by atoms with Crippen molar-refractivity contribution in [3.63, 3.8) is 0 Å². The highest BCUT2D eigenvalue weighted by atomic mass is 16.1. The van der Waals surface area contributed by atoms with E-state index in [-0.39, 0.29) is 5.91 Å². The highest BCUT2D eigenvalue weighted by Crippen LogP contribution is 2.18. The Morgan fingerprint density at radius 3 is 2.52 bits per heavy atom. The molecule has 0 bridgehead atoms. The van der Waals surface area contributed by atoms with Crippen LogP contribution in [0.5, 0.6) is 0 Å². The van der Waals surface area contributed by atoms with Crippen molar-refractivity contribution in [3.05, 3.63) is 96.6 Å². The summed E-state index contributed by atoms with van der Waals surface area (Å²) < 4.78 is 0. The van der Waals surface area contributed by atoms with Gasteiger partial charge in [-0.15, -0.1) is 6.58 Å². The van der Waals surface area contributed by atoms with Gasteiger partial charge in [-0.05, 0) is 42.9 Å². The van der Waals surface area contributed by atoms with E-state index < -0.39 is 0 Å². The molecule has 0 saturated heterocycles. The number of hydrogen-bond acceptors (Lipinski definition) is 1. The van der Waals surface area contributed by atoms with Crippen LogP contribution in [0.2, 0.25) is 0 Å². The Morgan fingerprint density at radius 2 is 1.76 bits per heavy atom. The Kier molecular flexibility index (Phi) is 7.45. The molecule has 2 heteroatoms. The summed E-state index contributed by atoms with van der Waals surface area (Å²) in [6, 6.07) is 18.0. The lowest BCUT2D eigenvalue weighted by Crippen LogP contribution is -2.14.